The van der Waals surface area contributed by atoms with Crippen LogP contribution in [-0.2, 0) is 9.53 Å². The molecule has 0 heterocycles. The lowest BCUT2D eigenvalue weighted by Gasteiger charge is -2.14. The first-order valence-corrected chi connectivity index (χ1v) is 8.30. The normalized spacial score (nSPS) is 12.4. The summed E-state index contributed by atoms with van der Waals surface area (Å²) in [5.74, 6) is -2.05. The van der Waals surface area contributed by atoms with Crippen molar-refractivity contribution in [2.45, 2.75) is 20.8 Å². The summed E-state index contributed by atoms with van der Waals surface area (Å²) in [6.45, 7) is 9.23. The molecule has 0 saturated heterocycles. The number of phenols is 4. The van der Waals surface area contributed by atoms with E-state index in [0.29, 0.717) is 0 Å². The number of hydrogen-bond donors (Lipinski definition) is 4. The summed E-state index contributed by atoms with van der Waals surface area (Å²) in [6, 6.07) is 3.53. The van der Waals surface area contributed by atoms with E-state index >= 15 is 0 Å². The molecule has 0 saturated carbocycles. The van der Waals surface area contributed by atoms with E-state index in [1.807, 2.05) is 20.8 Å². The van der Waals surface area contributed by atoms with E-state index in [4.69, 9.17) is 4.74 Å². The molecule has 0 atom stereocenters. The van der Waals surface area contributed by atoms with Gasteiger partial charge in [0.15, 0.2) is 0 Å². The lowest BCUT2D eigenvalue weighted by Crippen LogP contribution is -2.01. The van der Waals surface area contributed by atoms with E-state index in [1.165, 1.54) is 18.2 Å². The summed E-state index contributed by atoms with van der Waals surface area (Å²) in [4.78, 5) is 11.7. The number of hydrogen-bond acceptors (Lipinski definition) is 6. The van der Waals surface area contributed by atoms with Crippen molar-refractivity contribution in [3.63, 3.8) is 0 Å². The van der Waals surface area contributed by atoms with Gasteiger partial charge >= 0.3 is 5.97 Å². The van der Waals surface area contributed by atoms with Crippen LogP contribution in [-0.4, -0.2) is 26.4 Å². The van der Waals surface area contributed by atoms with Crippen molar-refractivity contribution in [3.8, 4) is 23.0 Å². The average Bonchev–Trinajstić information content (AvgIpc) is 2.62. The SMILES string of the molecule is C=CC(=O)OC(=CC=C(C)C(C)C)c1cc(O)c2c(O)ccc(O)c2c1O. The fourth-order valence-corrected chi connectivity index (χ4v) is 2.41. The Morgan fingerprint density at radius 1 is 1.04 bits per heavy atom. The molecule has 6 heteroatoms. The van der Waals surface area contributed by atoms with E-state index in [2.05, 4.69) is 6.58 Å². The molecular weight excluding hydrogens is 348 g/mol. The molecule has 27 heavy (non-hydrogen) atoms. The first kappa shape index (κ1) is 19.9. The number of benzene rings is 2. The van der Waals surface area contributed by atoms with E-state index in [-0.39, 0.29) is 39.5 Å². The highest BCUT2D eigenvalue weighted by Crippen LogP contribution is 2.46. The monoisotopic (exact) mass is 370 g/mol. The minimum absolute atomic E-state index is 0.0242. The number of aromatic hydroxyl groups is 4. The molecule has 2 aromatic carbocycles. The predicted octanol–water partition coefficient (Wildman–Crippen LogP) is 4.33. The maximum Gasteiger partial charge on any atom is 0.335 e. The van der Waals surface area contributed by atoms with Gasteiger partial charge in [0.1, 0.15) is 28.8 Å². The van der Waals surface area contributed by atoms with E-state index < -0.39 is 17.5 Å². The van der Waals surface area contributed by atoms with Gasteiger partial charge in [0.05, 0.1) is 16.3 Å². The first-order chi connectivity index (χ1) is 12.7. The van der Waals surface area contributed by atoms with Crippen LogP contribution in [0.25, 0.3) is 16.5 Å². The van der Waals surface area contributed by atoms with Crippen LogP contribution in [0.3, 0.4) is 0 Å². The molecule has 0 bridgehead atoms. The van der Waals surface area contributed by atoms with Gasteiger partial charge in [-0.05, 0) is 37.1 Å². The Morgan fingerprint density at radius 2 is 1.63 bits per heavy atom. The van der Waals surface area contributed by atoms with Crippen molar-refractivity contribution in [3.05, 3.63) is 54.1 Å². The minimum atomic E-state index is -0.754. The highest BCUT2D eigenvalue weighted by Gasteiger charge is 2.21. The van der Waals surface area contributed by atoms with Gasteiger partial charge < -0.3 is 25.2 Å². The molecule has 0 aliphatic rings. The highest BCUT2D eigenvalue weighted by atomic mass is 16.5. The third-order valence-electron chi connectivity index (χ3n) is 4.24. The Kier molecular flexibility index (Phi) is 5.80. The molecule has 0 fully saturated rings. The Hall–Kier alpha value is -3.41. The predicted molar refractivity (Wildman–Crippen MR) is 103 cm³/mol. The van der Waals surface area contributed by atoms with Crippen molar-refractivity contribution in [2.75, 3.05) is 0 Å². The lowest BCUT2D eigenvalue weighted by molar-refractivity contribution is -0.131. The molecule has 0 amide bonds. The average molecular weight is 370 g/mol. The number of carbonyl (C=O) groups excluding carboxylic acids is 1. The first-order valence-electron chi connectivity index (χ1n) is 8.30. The molecule has 0 aliphatic heterocycles. The third kappa shape index (κ3) is 4.06. The fraction of sp³-hybridized carbons (Fsp3) is 0.190. The minimum Gasteiger partial charge on any atom is -0.507 e. The number of ether oxygens (including phenoxy) is 1. The Bertz CT molecular complexity index is 967. The molecule has 0 radical (unpaired) electrons. The Balaban J connectivity index is 2.77. The standard InChI is InChI=1S/C21H22O6/c1-5-18(25)27-17(9-6-12(4)11(2)3)13-10-16(24)19-14(22)7-8-15(23)20(19)21(13)26/h5-11,22-24,26H,1H2,2-4H3. The summed E-state index contributed by atoms with van der Waals surface area (Å²) in [6.07, 6.45) is 4.17. The van der Waals surface area contributed by atoms with Crippen LogP contribution >= 0.6 is 0 Å². The zero-order valence-corrected chi connectivity index (χ0v) is 15.4. The quantitative estimate of drug-likeness (QED) is 0.205. The van der Waals surface area contributed by atoms with Gasteiger partial charge in [-0.2, -0.15) is 0 Å². The van der Waals surface area contributed by atoms with Gasteiger partial charge in [-0.3, -0.25) is 0 Å². The van der Waals surface area contributed by atoms with Crippen LogP contribution in [0.15, 0.2) is 48.6 Å². The summed E-state index contributed by atoms with van der Waals surface area (Å²) < 4.78 is 5.22. The van der Waals surface area contributed by atoms with Crippen LogP contribution in [0.1, 0.15) is 26.3 Å². The van der Waals surface area contributed by atoms with Crippen LogP contribution in [0.4, 0.5) is 0 Å². The zero-order chi connectivity index (χ0) is 20.3. The van der Waals surface area contributed by atoms with E-state index in [1.54, 1.807) is 6.08 Å². The van der Waals surface area contributed by atoms with Crippen molar-refractivity contribution in [1.82, 2.24) is 0 Å². The van der Waals surface area contributed by atoms with Crippen LogP contribution in [0.5, 0.6) is 23.0 Å². The molecule has 2 rings (SSSR count). The topological polar surface area (TPSA) is 107 Å². The maximum atomic E-state index is 11.7. The summed E-state index contributed by atoms with van der Waals surface area (Å²) in [5, 5.41) is 40.7. The highest BCUT2D eigenvalue weighted by molar-refractivity contribution is 6.04. The van der Waals surface area contributed by atoms with Gasteiger partial charge in [-0.15, -0.1) is 0 Å². The second-order valence-electron chi connectivity index (χ2n) is 6.37. The molecule has 0 spiro atoms. The van der Waals surface area contributed by atoms with Crippen molar-refractivity contribution in [1.29, 1.82) is 0 Å². The number of phenolic OH excluding ortho intramolecular Hbond substituents is 4. The second kappa shape index (κ2) is 7.86. The number of fused-ring (bicyclic) bond motifs is 1. The largest absolute Gasteiger partial charge is 0.507 e. The van der Waals surface area contributed by atoms with Crippen LogP contribution in [0, 0.1) is 5.92 Å². The van der Waals surface area contributed by atoms with Gasteiger partial charge in [-0.25, -0.2) is 4.79 Å². The van der Waals surface area contributed by atoms with Crippen molar-refractivity contribution < 1.29 is 30.0 Å². The number of carbonyl (C=O) groups is 1. The van der Waals surface area contributed by atoms with Gasteiger partial charge in [0.25, 0.3) is 0 Å². The zero-order valence-electron chi connectivity index (χ0n) is 15.4. The Labute approximate surface area is 157 Å². The molecule has 4 N–H and O–H groups in total. The van der Waals surface area contributed by atoms with Crippen LogP contribution < -0.4 is 0 Å². The number of esters is 1. The number of allylic oxidation sites excluding steroid dienone is 3. The number of rotatable bonds is 5. The smallest absolute Gasteiger partial charge is 0.335 e. The van der Waals surface area contributed by atoms with E-state index in [9.17, 15) is 25.2 Å². The summed E-state index contributed by atoms with van der Waals surface area (Å²) in [7, 11) is 0. The van der Waals surface area contributed by atoms with Gasteiger partial charge in [0.2, 0.25) is 0 Å². The maximum absolute atomic E-state index is 11.7. The van der Waals surface area contributed by atoms with Gasteiger partial charge in [0, 0.05) is 6.08 Å². The van der Waals surface area contributed by atoms with E-state index in [0.717, 1.165) is 17.7 Å². The molecule has 0 aliphatic carbocycles. The molecule has 142 valence electrons. The molecular formula is C21H22O6. The van der Waals surface area contributed by atoms with Crippen molar-refractivity contribution >= 4 is 22.5 Å². The molecule has 2 aromatic rings. The Morgan fingerprint density at radius 3 is 2.19 bits per heavy atom. The van der Waals surface area contributed by atoms with Crippen molar-refractivity contribution in [2.24, 2.45) is 5.92 Å². The van der Waals surface area contributed by atoms with Gasteiger partial charge in [-0.1, -0.05) is 32.1 Å². The second-order valence-corrected chi connectivity index (χ2v) is 6.37. The fourth-order valence-electron chi connectivity index (χ4n) is 2.41. The summed E-state index contributed by atoms with van der Waals surface area (Å²) in [5.41, 5.74) is 0.969. The summed E-state index contributed by atoms with van der Waals surface area (Å²) >= 11 is 0. The third-order valence-corrected chi connectivity index (χ3v) is 4.24. The molecule has 0 unspecified atom stereocenters. The molecule has 0 aromatic heterocycles. The van der Waals surface area contributed by atoms with Crippen LogP contribution in [0.2, 0.25) is 0 Å². The molecule has 6 nitrogen and oxygen atoms in total. The lowest BCUT2D eigenvalue weighted by atomic mass is 10.00.